The van der Waals surface area contributed by atoms with E-state index in [2.05, 4.69) is 27.9 Å². The van der Waals surface area contributed by atoms with Crippen molar-refractivity contribution < 1.29 is 12.6 Å². The molecule has 1 N–H and O–H groups in total. The molecule has 0 saturated carbocycles. The lowest BCUT2D eigenvalue weighted by Gasteiger charge is -2.19. The van der Waals surface area contributed by atoms with E-state index in [9.17, 15) is 8.42 Å². The number of likely N-dealkylation sites (N-methyl/N-ethyl adjacent to an activating group) is 1. The van der Waals surface area contributed by atoms with E-state index >= 15 is 0 Å². The van der Waals surface area contributed by atoms with Crippen LogP contribution >= 0.6 is 22.6 Å². The molecule has 0 unspecified atom stereocenters. The van der Waals surface area contributed by atoms with Crippen LogP contribution in [0.15, 0.2) is 78.9 Å². The summed E-state index contributed by atoms with van der Waals surface area (Å²) in [4.78, 5) is 0. The maximum Gasteiger partial charge on any atom is 0.384 e. The molecule has 0 atom stereocenters. The second-order valence-corrected chi connectivity index (χ2v) is 9.01. The summed E-state index contributed by atoms with van der Waals surface area (Å²) >= 11 is 2.16. The molecule has 0 aliphatic carbocycles. The van der Waals surface area contributed by atoms with Gasteiger partial charge in [-0.2, -0.15) is 12.7 Å². The number of hydrogen-bond acceptors (Lipinski definition) is 4. The van der Waals surface area contributed by atoms with Crippen LogP contribution in [-0.2, 0) is 16.7 Å². The molecule has 0 bridgehead atoms. The maximum atomic E-state index is 12.7. The van der Waals surface area contributed by atoms with Gasteiger partial charge in [0.2, 0.25) is 0 Å². The molecule has 0 aliphatic rings. The minimum absolute atomic E-state index is 0.266. The van der Waals surface area contributed by atoms with Crippen LogP contribution in [0.5, 0.6) is 5.75 Å². The molecule has 0 radical (unpaired) electrons. The van der Waals surface area contributed by atoms with Crippen molar-refractivity contribution in [3.05, 3.63) is 88.0 Å². The van der Waals surface area contributed by atoms with Gasteiger partial charge in [0.15, 0.2) is 5.75 Å². The highest BCUT2D eigenvalue weighted by molar-refractivity contribution is 14.1. The number of nitrogens with zero attached hydrogens (tertiary/aromatic N) is 1. The Kier molecular flexibility index (Phi) is 6.93. The number of rotatable bonds is 8. The number of benzene rings is 3. The minimum atomic E-state index is -3.93. The van der Waals surface area contributed by atoms with E-state index < -0.39 is 10.3 Å². The van der Waals surface area contributed by atoms with Gasteiger partial charge in [-0.3, -0.25) is 0 Å². The molecule has 28 heavy (non-hydrogen) atoms. The van der Waals surface area contributed by atoms with E-state index in [1.807, 2.05) is 66.7 Å². The Morgan fingerprint density at radius 1 is 0.929 bits per heavy atom. The molecule has 0 aliphatic heterocycles. The molecule has 3 aromatic rings. The van der Waals surface area contributed by atoms with Crippen molar-refractivity contribution in [1.82, 2.24) is 4.31 Å². The Bertz CT molecular complexity index is 1010. The third-order valence-corrected chi connectivity index (χ3v) is 6.39. The van der Waals surface area contributed by atoms with Gasteiger partial charge in [-0.15, -0.1) is 0 Å². The van der Waals surface area contributed by atoms with E-state index in [1.165, 1.54) is 11.4 Å². The average molecular weight is 508 g/mol. The van der Waals surface area contributed by atoms with Crippen molar-refractivity contribution in [2.75, 3.05) is 18.9 Å². The quantitative estimate of drug-likeness (QED) is 0.443. The lowest BCUT2D eigenvalue weighted by atomic mass is 10.2. The van der Waals surface area contributed by atoms with Crippen LogP contribution in [0, 0.1) is 3.57 Å². The minimum Gasteiger partial charge on any atom is -0.368 e. The van der Waals surface area contributed by atoms with Crippen molar-refractivity contribution in [3.8, 4) is 5.75 Å². The Morgan fingerprint density at radius 3 is 2.25 bits per heavy atom. The van der Waals surface area contributed by atoms with Crippen molar-refractivity contribution in [1.29, 1.82) is 0 Å². The lowest BCUT2D eigenvalue weighted by Crippen LogP contribution is -2.32. The topological polar surface area (TPSA) is 58.6 Å². The molecule has 3 aromatic carbocycles. The molecule has 0 aromatic heterocycles. The predicted octanol–water partition coefficient (Wildman–Crippen LogP) is 4.83. The van der Waals surface area contributed by atoms with Crippen LogP contribution in [0.4, 0.5) is 11.4 Å². The molecule has 3 rings (SSSR count). The Hall–Kier alpha value is -2.10. The van der Waals surface area contributed by atoms with E-state index in [0.29, 0.717) is 18.7 Å². The molecule has 7 heteroatoms. The molecule has 0 spiro atoms. The van der Waals surface area contributed by atoms with Gasteiger partial charge in [-0.25, -0.2) is 0 Å². The smallest absolute Gasteiger partial charge is 0.368 e. The summed E-state index contributed by atoms with van der Waals surface area (Å²) in [6, 6.07) is 24.6. The second-order valence-electron chi connectivity index (χ2n) is 6.20. The first-order valence-electron chi connectivity index (χ1n) is 8.76. The van der Waals surface area contributed by atoms with E-state index in [1.54, 1.807) is 12.1 Å². The van der Waals surface area contributed by atoms with Gasteiger partial charge < -0.3 is 9.50 Å². The number of para-hydroxylation sites is 2. The van der Waals surface area contributed by atoms with Gasteiger partial charge in [0, 0.05) is 22.8 Å². The van der Waals surface area contributed by atoms with Gasteiger partial charge >= 0.3 is 10.3 Å². The molecule has 0 fully saturated rings. The van der Waals surface area contributed by atoms with Gasteiger partial charge in [0.05, 0.1) is 5.69 Å². The number of anilines is 2. The molecule has 5 nitrogen and oxygen atoms in total. The zero-order valence-corrected chi connectivity index (χ0v) is 18.4. The Balaban J connectivity index is 1.75. The number of halogens is 1. The predicted molar refractivity (Wildman–Crippen MR) is 121 cm³/mol. The first-order chi connectivity index (χ1) is 13.5. The van der Waals surface area contributed by atoms with Crippen molar-refractivity contribution in [3.63, 3.8) is 0 Å². The Labute approximate surface area is 179 Å². The van der Waals surface area contributed by atoms with Crippen LogP contribution in [0.25, 0.3) is 0 Å². The fourth-order valence-corrected chi connectivity index (χ4v) is 4.00. The third kappa shape index (κ3) is 5.46. The third-order valence-electron chi connectivity index (χ3n) is 4.15. The SMILES string of the molecule is CN(CCc1ccccc1)S(=O)(=O)Oc1cccc(I)c1Nc1ccccc1. The van der Waals surface area contributed by atoms with E-state index in [0.717, 1.165) is 14.8 Å². The van der Waals surface area contributed by atoms with Crippen LogP contribution in [0.2, 0.25) is 0 Å². The highest BCUT2D eigenvalue weighted by atomic mass is 127. The van der Waals surface area contributed by atoms with Gasteiger partial charge in [-0.05, 0) is 58.8 Å². The largest absolute Gasteiger partial charge is 0.384 e. The molecular formula is C21H21IN2O3S. The molecule has 0 heterocycles. The summed E-state index contributed by atoms with van der Waals surface area (Å²) < 4.78 is 33.0. The van der Waals surface area contributed by atoms with Crippen molar-refractivity contribution >= 4 is 44.3 Å². The maximum absolute atomic E-state index is 12.7. The van der Waals surface area contributed by atoms with Crippen LogP contribution in [-0.4, -0.2) is 26.3 Å². The van der Waals surface area contributed by atoms with E-state index in [-0.39, 0.29) is 5.75 Å². The highest BCUT2D eigenvalue weighted by Gasteiger charge is 2.22. The summed E-state index contributed by atoms with van der Waals surface area (Å²) in [5.41, 5.74) is 2.55. The van der Waals surface area contributed by atoms with Crippen LogP contribution in [0.1, 0.15) is 5.56 Å². The first-order valence-corrected chi connectivity index (χ1v) is 11.2. The first kappa shape index (κ1) is 20.6. The molecule has 146 valence electrons. The standard InChI is InChI=1S/C21H21IN2O3S/c1-24(16-15-17-9-4-2-5-10-17)28(25,26)27-20-14-8-13-19(22)21(20)23-18-11-6-3-7-12-18/h2-14,23H,15-16H2,1H3. The summed E-state index contributed by atoms with van der Waals surface area (Å²) in [5.74, 6) is 0.266. The zero-order chi connectivity index (χ0) is 20.0. The number of hydrogen-bond donors (Lipinski definition) is 1. The molecule has 0 saturated heterocycles. The molecular weight excluding hydrogens is 487 g/mol. The summed E-state index contributed by atoms with van der Waals surface area (Å²) in [6.45, 7) is 0.331. The number of nitrogens with one attached hydrogen (secondary N) is 1. The fraction of sp³-hybridized carbons (Fsp3) is 0.143. The van der Waals surface area contributed by atoms with Crippen LogP contribution in [0.3, 0.4) is 0 Å². The van der Waals surface area contributed by atoms with Gasteiger partial charge in [0.25, 0.3) is 0 Å². The van der Waals surface area contributed by atoms with Crippen molar-refractivity contribution in [2.45, 2.75) is 6.42 Å². The highest BCUT2D eigenvalue weighted by Crippen LogP contribution is 2.33. The lowest BCUT2D eigenvalue weighted by molar-refractivity contribution is 0.394. The van der Waals surface area contributed by atoms with E-state index in [4.69, 9.17) is 4.18 Å². The Morgan fingerprint density at radius 2 is 1.57 bits per heavy atom. The van der Waals surface area contributed by atoms with Crippen LogP contribution < -0.4 is 9.50 Å². The summed E-state index contributed by atoms with van der Waals surface area (Å²) in [6.07, 6.45) is 0.612. The van der Waals surface area contributed by atoms with Gasteiger partial charge in [-0.1, -0.05) is 54.6 Å². The van der Waals surface area contributed by atoms with Crippen molar-refractivity contribution in [2.24, 2.45) is 0 Å². The molecule has 0 amide bonds. The van der Waals surface area contributed by atoms with Gasteiger partial charge in [0.1, 0.15) is 0 Å². The summed E-state index contributed by atoms with van der Waals surface area (Å²) in [7, 11) is -2.40. The average Bonchev–Trinajstić information content (AvgIpc) is 2.70. The zero-order valence-electron chi connectivity index (χ0n) is 15.4. The fourth-order valence-electron chi connectivity index (χ4n) is 2.58. The monoisotopic (exact) mass is 508 g/mol. The second kappa shape index (κ2) is 9.40. The summed E-state index contributed by atoms with van der Waals surface area (Å²) in [5, 5.41) is 3.24. The normalized spacial score (nSPS) is 11.4.